The Morgan fingerprint density at radius 3 is 2.44 bits per heavy atom. The van der Waals surface area contributed by atoms with Gasteiger partial charge in [0.2, 0.25) is 0 Å². The molecule has 3 heterocycles. The van der Waals surface area contributed by atoms with E-state index in [4.69, 9.17) is 14.5 Å². The molecule has 1 fully saturated rings. The van der Waals surface area contributed by atoms with Crippen molar-refractivity contribution in [2.45, 2.75) is 52.2 Å². The van der Waals surface area contributed by atoms with Gasteiger partial charge in [-0.2, -0.15) is 5.26 Å². The molecule has 0 atom stereocenters. The Kier molecular flexibility index (Phi) is 6.67. The maximum Gasteiger partial charge on any atom is 0.321 e. The number of nitriles is 1. The molecule has 2 aliphatic rings. The third kappa shape index (κ3) is 4.80. The molecule has 1 aromatic heterocycles. The number of benzene rings is 1. The van der Waals surface area contributed by atoms with Gasteiger partial charge in [-0.05, 0) is 49.6 Å². The Morgan fingerprint density at radius 2 is 1.85 bits per heavy atom. The van der Waals surface area contributed by atoms with Crippen LogP contribution in [0, 0.1) is 11.3 Å². The van der Waals surface area contributed by atoms with Crippen LogP contribution in [0.25, 0.3) is 0 Å². The van der Waals surface area contributed by atoms with Crippen LogP contribution in [0.15, 0.2) is 24.3 Å². The molecular weight excluding hydrogens is 430 g/mol. The van der Waals surface area contributed by atoms with Crippen LogP contribution < -0.4 is 15.0 Å². The van der Waals surface area contributed by atoms with E-state index in [1.54, 1.807) is 12.0 Å². The van der Waals surface area contributed by atoms with Crippen molar-refractivity contribution in [2.24, 2.45) is 0 Å². The first-order chi connectivity index (χ1) is 16.2. The van der Waals surface area contributed by atoms with Gasteiger partial charge in [0.15, 0.2) is 0 Å². The van der Waals surface area contributed by atoms with Crippen LogP contribution in [0.5, 0.6) is 5.75 Å². The van der Waals surface area contributed by atoms with Gasteiger partial charge in [0, 0.05) is 43.9 Å². The van der Waals surface area contributed by atoms with Crippen molar-refractivity contribution in [3.63, 3.8) is 0 Å². The number of amides is 2. The molecule has 1 saturated heterocycles. The average Bonchev–Trinajstić information content (AvgIpc) is 2.82. The molecule has 4 rings (SSSR count). The predicted molar refractivity (Wildman–Crippen MR) is 131 cm³/mol. The summed E-state index contributed by atoms with van der Waals surface area (Å²) in [7, 11) is 1.61. The molecule has 180 valence electrons. The minimum Gasteiger partial charge on any atom is -0.497 e. The summed E-state index contributed by atoms with van der Waals surface area (Å²) in [6.07, 6.45) is 0.685. The third-order valence-corrected chi connectivity index (χ3v) is 6.50. The highest BCUT2D eigenvalue weighted by Crippen LogP contribution is 2.37. The summed E-state index contributed by atoms with van der Waals surface area (Å²) >= 11 is 0. The number of carbonyl (C=O) groups is 1. The molecule has 0 bridgehead atoms. The van der Waals surface area contributed by atoms with Gasteiger partial charge in [0.1, 0.15) is 17.6 Å². The molecule has 0 unspecified atom stereocenters. The van der Waals surface area contributed by atoms with Gasteiger partial charge in [-0.1, -0.05) is 13.8 Å². The number of methoxy groups -OCH3 is 1. The molecule has 0 saturated carbocycles. The second-order valence-electron chi connectivity index (χ2n) is 9.78. The van der Waals surface area contributed by atoms with Crippen molar-refractivity contribution in [3.8, 4) is 11.8 Å². The van der Waals surface area contributed by atoms with E-state index >= 15 is 0 Å². The minimum absolute atomic E-state index is 0.134. The standard InChI is InChI=1S/C26H33N5O3/c1-17(2)23-22-16-34-26(3,4)14-20(22)21(15-27)24(29-23)30-10-12-31(13-11-30)25(32)28-18-6-8-19(33-5)9-7-18/h6-9,17H,10-14,16H2,1-5H3,(H,28,32). The van der Waals surface area contributed by atoms with Crippen molar-refractivity contribution in [2.75, 3.05) is 43.5 Å². The lowest BCUT2D eigenvalue weighted by Crippen LogP contribution is -2.50. The molecule has 1 aromatic carbocycles. The van der Waals surface area contributed by atoms with Gasteiger partial charge in [0.05, 0.1) is 30.6 Å². The number of aromatic nitrogens is 1. The van der Waals surface area contributed by atoms with Gasteiger partial charge in [-0.3, -0.25) is 0 Å². The monoisotopic (exact) mass is 463 g/mol. The summed E-state index contributed by atoms with van der Waals surface area (Å²) in [6, 6.07) is 9.58. The summed E-state index contributed by atoms with van der Waals surface area (Å²) < 4.78 is 11.2. The SMILES string of the molecule is COc1ccc(NC(=O)N2CCN(c3nc(C(C)C)c4c(c3C#N)CC(C)(C)OC4)CC2)cc1. The normalized spacial score (nSPS) is 17.2. The summed E-state index contributed by atoms with van der Waals surface area (Å²) in [5, 5.41) is 13.1. The van der Waals surface area contributed by atoms with Crippen LogP contribution in [0.1, 0.15) is 56.0 Å². The molecule has 8 heteroatoms. The third-order valence-electron chi connectivity index (χ3n) is 6.50. The maximum absolute atomic E-state index is 12.8. The lowest BCUT2D eigenvalue weighted by Gasteiger charge is -2.38. The second-order valence-corrected chi connectivity index (χ2v) is 9.78. The molecule has 34 heavy (non-hydrogen) atoms. The van der Waals surface area contributed by atoms with Gasteiger partial charge < -0.3 is 24.6 Å². The van der Waals surface area contributed by atoms with Crippen LogP contribution in [0.2, 0.25) is 0 Å². The van der Waals surface area contributed by atoms with Crippen LogP contribution in [-0.2, 0) is 17.8 Å². The van der Waals surface area contributed by atoms with Crippen LogP contribution in [-0.4, -0.2) is 54.8 Å². The maximum atomic E-state index is 12.8. The summed E-state index contributed by atoms with van der Waals surface area (Å²) in [5.41, 5.74) is 4.18. The Hall–Kier alpha value is -3.31. The van der Waals surface area contributed by atoms with Crippen LogP contribution in [0.4, 0.5) is 16.3 Å². The van der Waals surface area contributed by atoms with E-state index in [0.29, 0.717) is 44.8 Å². The van der Waals surface area contributed by atoms with Gasteiger partial charge in [-0.15, -0.1) is 0 Å². The summed E-state index contributed by atoms with van der Waals surface area (Å²) in [5.74, 6) is 1.70. The van der Waals surface area contributed by atoms with Gasteiger partial charge in [-0.25, -0.2) is 9.78 Å². The zero-order valence-electron chi connectivity index (χ0n) is 20.6. The first-order valence-electron chi connectivity index (χ1n) is 11.8. The number of anilines is 2. The van der Waals surface area contributed by atoms with Gasteiger partial charge in [0.25, 0.3) is 0 Å². The molecule has 2 aliphatic heterocycles. The number of hydrogen-bond acceptors (Lipinski definition) is 6. The highest BCUT2D eigenvalue weighted by Gasteiger charge is 2.34. The number of ether oxygens (including phenoxy) is 2. The molecule has 2 aromatic rings. The van der Waals surface area contributed by atoms with Gasteiger partial charge >= 0.3 is 6.03 Å². The van der Waals surface area contributed by atoms with Crippen molar-refractivity contribution < 1.29 is 14.3 Å². The Balaban J connectivity index is 1.52. The minimum atomic E-state index is -0.316. The number of urea groups is 1. The summed E-state index contributed by atoms with van der Waals surface area (Å²) in [6.45, 7) is 11.2. The van der Waals surface area contributed by atoms with E-state index in [-0.39, 0.29) is 17.6 Å². The highest BCUT2D eigenvalue weighted by molar-refractivity contribution is 5.89. The molecule has 0 aliphatic carbocycles. The summed E-state index contributed by atoms with van der Waals surface area (Å²) in [4.78, 5) is 21.7. The number of nitrogens with zero attached hydrogens (tertiary/aromatic N) is 4. The molecular formula is C26H33N5O3. The molecule has 2 amide bonds. The first kappa shape index (κ1) is 23.8. The van der Waals surface area contributed by atoms with E-state index in [9.17, 15) is 10.1 Å². The van der Waals surface area contributed by atoms with Crippen molar-refractivity contribution in [3.05, 3.63) is 46.6 Å². The van der Waals surface area contributed by atoms with Crippen LogP contribution >= 0.6 is 0 Å². The largest absolute Gasteiger partial charge is 0.497 e. The molecule has 8 nitrogen and oxygen atoms in total. The van der Waals surface area contributed by atoms with Crippen molar-refractivity contribution in [1.29, 1.82) is 5.26 Å². The Bertz CT molecular complexity index is 1100. The van der Waals surface area contributed by atoms with Crippen LogP contribution in [0.3, 0.4) is 0 Å². The number of pyridine rings is 1. The highest BCUT2D eigenvalue weighted by atomic mass is 16.5. The zero-order valence-corrected chi connectivity index (χ0v) is 20.6. The smallest absolute Gasteiger partial charge is 0.321 e. The van der Waals surface area contributed by atoms with E-state index in [2.05, 4.69) is 44.0 Å². The van der Waals surface area contributed by atoms with Crippen molar-refractivity contribution in [1.82, 2.24) is 9.88 Å². The van der Waals surface area contributed by atoms with E-state index in [0.717, 1.165) is 34.1 Å². The molecule has 0 spiro atoms. The fourth-order valence-corrected chi connectivity index (χ4v) is 4.60. The average molecular weight is 464 g/mol. The number of hydrogen-bond donors (Lipinski definition) is 1. The Morgan fingerprint density at radius 1 is 1.18 bits per heavy atom. The number of nitrogens with one attached hydrogen (secondary N) is 1. The quantitative estimate of drug-likeness (QED) is 0.727. The van der Waals surface area contributed by atoms with Crippen molar-refractivity contribution >= 4 is 17.5 Å². The number of carbonyl (C=O) groups excluding carboxylic acids is 1. The fraction of sp³-hybridized carbons (Fsp3) is 0.500. The number of piperazine rings is 1. The number of rotatable bonds is 4. The number of fused-ring (bicyclic) bond motifs is 1. The second kappa shape index (κ2) is 9.51. The topological polar surface area (TPSA) is 90.7 Å². The lowest BCUT2D eigenvalue weighted by molar-refractivity contribution is -0.0408. The lowest BCUT2D eigenvalue weighted by atomic mass is 9.86. The van der Waals surface area contributed by atoms with E-state index in [1.165, 1.54) is 0 Å². The predicted octanol–water partition coefficient (Wildman–Crippen LogP) is 4.29. The molecule has 0 radical (unpaired) electrons. The first-order valence-corrected chi connectivity index (χ1v) is 11.8. The molecule has 1 N–H and O–H groups in total. The zero-order chi connectivity index (χ0) is 24.5. The Labute approximate surface area is 201 Å². The fourth-order valence-electron chi connectivity index (χ4n) is 4.60. The van der Waals surface area contributed by atoms with E-state index in [1.807, 2.05) is 24.3 Å². The van der Waals surface area contributed by atoms with E-state index < -0.39 is 0 Å².